The van der Waals surface area contributed by atoms with E-state index in [1.165, 1.54) is 25.9 Å². The predicted molar refractivity (Wildman–Crippen MR) is 124 cm³/mol. The summed E-state index contributed by atoms with van der Waals surface area (Å²) in [6, 6.07) is 8.04. The minimum absolute atomic E-state index is 0.0462. The molecule has 2 aliphatic heterocycles. The molecule has 1 N–H and O–H groups in total. The number of likely N-dealkylation sites (tertiary alicyclic amines) is 1. The summed E-state index contributed by atoms with van der Waals surface area (Å²) in [4.78, 5) is 21.8. The monoisotopic (exact) mass is 441 g/mol. The quantitative estimate of drug-likeness (QED) is 0.630. The summed E-state index contributed by atoms with van der Waals surface area (Å²) in [5.41, 5.74) is 0.871. The molecule has 2 aromatic rings. The minimum atomic E-state index is -0.0462. The van der Waals surface area contributed by atoms with Crippen LogP contribution >= 0.6 is 0 Å². The van der Waals surface area contributed by atoms with Crippen molar-refractivity contribution in [1.82, 2.24) is 20.4 Å². The van der Waals surface area contributed by atoms with E-state index in [2.05, 4.69) is 27.3 Å². The zero-order valence-corrected chi connectivity index (χ0v) is 19.3. The van der Waals surface area contributed by atoms with Crippen molar-refractivity contribution in [1.29, 1.82) is 0 Å². The molecule has 0 spiro atoms. The largest absolute Gasteiger partial charge is 0.497 e. The number of ether oxygens (including phenoxy) is 1. The predicted octanol–water partition coefficient (Wildman–Crippen LogP) is 3.20. The van der Waals surface area contributed by atoms with E-state index in [1.54, 1.807) is 7.11 Å². The van der Waals surface area contributed by atoms with Crippen LogP contribution < -0.4 is 15.0 Å². The van der Waals surface area contributed by atoms with Crippen LogP contribution in [0.3, 0.4) is 0 Å². The van der Waals surface area contributed by atoms with Gasteiger partial charge in [0.15, 0.2) is 0 Å². The number of carbonyl (C=O) groups is 1. The van der Waals surface area contributed by atoms with E-state index in [4.69, 9.17) is 9.26 Å². The van der Waals surface area contributed by atoms with Crippen LogP contribution in [0, 0.1) is 11.8 Å². The van der Waals surface area contributed by atoms with Crippen molar-refractivity contribution in [3.05, 3.63) is 24.3 Å². The Morgan fingerprint density at radius 2 is 2.00 bits per heavy atom. The summed E-state index contributed by atoms with van der Waals surface area (Å²) in [5, 5.41) is 7.27. The highest BCUT2D eigenvalue weighted by molar-refractivity contribution is 5.79. The Bertz CT molecular complexity index is 869. The van der Waals surface area contributed by atoms with Crippen molar-refractivity contribution < 1.29 is 14.1 Å². The third-order valence-corrected chi connectivity index (χ3v) is 6.52. The second-order valence-corrected chi connectivity index (χ2v) is 9.11. The van der Waals surface area contributed by atoms with Gasteiger partial charge in [0.05, 0.1) is 13.0 Å². The fourth-order valence-electron chi connectivity index (χ4n) is 4.71. The molecule has 2 atom stereocenters. The normalized spacial score (nSPS) is 22.0. The fraction of sp³-hybridized carbons (Fsp3) is 0.625. The zero-order chi connectivity index (χ0) is 22.3. The van der Waals surface area contributed by atoms with Gasteiger partial charge in [0.1, 0.15) is 5.75 Å². The van der Waals surface area contributed by atoms with E-state index in [0.717, 1.165) is 56.1 Å². The van der Waals surface area contributed by atoms with Gasteiger partial charge in [0, 0.05) is 31.7 Å². The lowest BCUT2D eigenvalue weighted by molar-refractivity contribution is -0.125. The highest BCUT2D eigenvalue weighted by Gasteiger charge is 2.28. The molecule has 8 nitrogen and oxygen atoms in total. The first-order valence-electron chi connectivity index (χ1n) is 11.9. The number of nitrogens with zero attached hydrogens (tertiary/aromatic N) is 4. The van der Waals surface area contributed by atoms with Gasteiger partial charge in [-0.25, -0.2) is 0 Å². The second kappa shape index (κ2) is 10.8. The molecule has 1 amide bonds. The van der Waals surface area contributed by atoms with Crippen LogP contribution in [0.4, 0.5) is 6.01 Å². The van der Waals surface area contributed by atoms with Gasteiger partial charge in [-0.3, -0.25) is 4.79 Å². The van der Waals surface area contributed by atoms with Crippen molar-refractivity contribution >= 4 is 11.9 Å². The smallest absolute Gasteiger partial charge is 0.324 e. The molecule has 0 saturated carbocycles. The van der Waals surface area contributed by atoms with Crippen molar-refractivity contribution in [2.45, 2.75) is 39.0 Å². The standard InChI is InChI=1S/C24H35N5O3/c1-18-6-3-13-28(16-18)14-5-12-25-23(30)20-7-4-15-29(17-20)24-26-22(27-32-24)19-8-10-21(31-2)11-9-19/h8-11,18,20H,3-7,12-17H2,1-2H3,(H,25,30)/t18-,20-/m1/s1. The average Bonchev–Trinajstić information content (AvgIpc) is 3.32. The molecule has 2 saturated heterocycles. The third-order valence-electron chi connectivity index (χ3n) is 6.52. The van der Waals surface area contributed by atoms with Crippen LogP contribution in [0.25, 0.3) is 11.4 Å². The van der Waals surface area contributed by atoms with Crippen molar-refractivity contribution in [3.8, 4) is 17.1 Å². The summed E-state index contributed by atoms with van der Waals surface area (Å²) in [5.74, 6) is 2.21. The van der Waals surface area contributed by atoms with Gasteiger partial charge in [0.25, 0.3) is 0 Å². The first kappa shape index (κ1) is 22.6. The Morgan fingerprint density at radius 1 is 1.19 bits per heavy atom. The lowest BCUT2D eigenvalue weighted by Crippen LogP contribution is -2.44. The molecule has 32 heavy (non-hydrogen) atoms. The number of aromatic nitrogens is 2. The van der Waals surface area contributed by atoms with Gasteiger partial charge in [-0.15, -0.1) is 0 Å². The van der Waals surface area contributed by atoms with Crippen molar-refractivity contribution in [3.63, 3.8) is 0 Å². The first-order chi connectivity index (χ1) is 15.6. The fourth-order valence-corrected chi connectivity index (χ4v) is 4.71. The number of carbonyl (C=O) groups excluding carboxylic acids is 1. The number of nitrogens with one attached hydrogen (secondary N) is 1. The minimum Gasteiger partial charge on any atom is -0.497 e. The molecule has 0 radical (unpaired) electrons. The van der Waals surface area contributed by atoms with Crippen LogP contribution in [-0.2, 0) is 4.79 Å². The van der Waals surface area contributed by atoms with Crippen LogP contribution in [0.15, 0.2) is 28.8 Å². The van der Waals surface area contributed by atoms with E-state index < -0.39 is 0 Å². The van der Waals surface area contributed by atoms with Gasteiger partial charge >= 0.3 is 6.01 Å². The van der Waals surface area contributed by atoms with E-state index >= 15 is 0 Å². The number of anilines is 1. The number of hydrogen-bond donors (Lipinski definition) is 1. The van der Waals surface area contributed by atoms with Crippen LogP contribution in [-0.4, -0.2) is 67.3 Å². The second-order valence-electron chi connectivity index (χ2n) is 9.11. The maximum absolute atomic E-state index is 12.7. The van der Waals surface area contributed by atoms with Gasteiger partial charge in [-0.05, 0) is 75.4 Å². The summed E-state index contributed by atoms with van der Waals surface area (Å²) in [7, 11) is 1.64. The number of rotatable bonds is 8. The van der Waals surface area contributed by atoms with E-state index in [9.17, 15) is 4.79 Å². The van der Waals surface area contributed by atoms with E-state index in [1.807, 2.05) is 29.2 Å². The third kappa shape index (κ3) is 5.79. The number of piperidine rings is 2. The average molecular weight is 442 g/mol. The molecule has 0 aliphatic carbocycles. The molecule has 4 rings (SSSR count). The lowest BCUT2D eigenvalue weighted by Gasteiger charge is -2.31. The molecule has 0 bridgehead atoms. The summed E-state index contributed by atoms with van der Waals surface area (Å²) in [6.07, 6.45) is 5.47. The first-order valence-corrected chi connectivity index (χ1v) is 11.9. The van der Waals surface area contributed by atoms with Gasteiger partial charge in [-0.1, -0.05) is 12.1 Å². The molecule has 2 aliphatic rings. The Morgan fingerprint density at radius 3 is 2.78 bits per heavy atom. The number of methoxy groups -OCH3 is 1. The number of amides is 1. The Hall–Kier alpha value is -2.61. The molecular formula is C24H35N5O3. The Kier molecular flexibility index (Phi) is 7.63. The van der Waals surface area contributed by atoms with Gasteiger partial charge < -0.3 is 24.4 Å². The molecule has 8 heteroatoms. The molecule has 2 fully saturated rings. The van der Waals surface area contributed by atoms with Crippen molar-refractivity contribution in [2.75, 3.05) is 51.3 Å². The Balaban J connectivity index is 1.25. The van der Waals surface area contributed by atoms with Crippen LogP contribution in [0.5, 0.6) is 5.75 Å². The van der Waals surface area contributed by atoms with Crippen LogP contribution in [0.2, 0.25) is 0 Å². The van der Waals surface area contributed by atoms with Gasteiger partial charge in [0.2, 0.25) is 11.7 Å². The molecule has 174 valence electrons. The molecular weight excluding hydrogens is 406 g/mol. The molecule has 0 unspecified atom stereocenters. The molecule has 1 aromatic carbocycles. The summed E-state index contributed by atoms with van der Waals surface area (Å²) in [6.45, 7) is 7.94. The lowest BCUT2D eigenvalue weighted by atomic mass is 9.97. The van der Waals surface area contributed by atoms with Crippen LogP contribution in [0.1, 0.15) is 39.0 Å². The highest BCUT2D eigenvalue weighted by atomic mass is 16.5. The maximum Gasteiger partial charge on any atom is 0.324 e. The number of hydrogen-bond acceptors (Lipinski definition) is 7. The molecule has 1 aromatic heterocycles. The van der Waals surface area contributed by atoms with E-state index in [0.29, 0.717) is 18.4 Å². The zero-order valence-electron chi connectivity index (χ0n) is 19.3. The number of benzene rings is 1. The summed E-state index contributed by atoms with van der Waals surface area (Å²) >= 11 is 0. The Labute approximate surface area is 190 Å². The van der Waals surface area contributed by atoms with Gasteiger partial charge in [-0.2, -0.15) is 4.98 Å². The molecule has 3 heterocycles. The van der Waals surface area contributed by atoms with E-state index in [-0.39, 0.29) is 11.8 Å². The van der Waals surface area contributed by atoms with Crippen molar-refractivity contribution in [2.24, 2.45) is 11.8 Å². The summed E-state index contributed by atoms with van der Waals surface area (Å²) < 4.78 is 10.7. The highest BCUT2D eigenvalue weighted by Crippen LogP contribution is 2.26. The SMILES string of the molecule is COc1ccc(-c2noc(N3CCC[C@@H](C(=O)NCCCN4CCC[C@@H](C)C4)C3)n2)cc1. The maximum atomic E-state index is 12.7. The topological polar surface area (TPSA) is 83.7 Å².